The highest BCUT2D eigenvalue weighted by Crippen LogP contribution is 2.43. The number of hydrogen-bond acceptors (Lipinski definition) is 5. The zero-order valence-electron chi connectivity index (χ0n) is 7.80. The molecule has 1 heterocycles. The SMILES string of the molecule is CC(=O)OCC1(CN=[N+]=[N-])CSSC1. The Balaban J connectivity index is 2.52. The molecule has 0 unspecified atom stereocenters. The molecular formula is C7H11N3O2S2. The molecular weight excluding hydrogens is 222 g/mol. The van der Waals surface area contributed by atoms with E-state index in [1.807, 2.05) is 0 Å². The molecule has 0 bridgehead atoms. The highest BCUT2D eigenvalue weighted by Gasteiger charge is 2.35. The van der Waals surface area contributed by atoms with Gasteiger partial charge in [-0.25, -0.2) is 0 Å². The minimum atomic E-state index is -0.285. The molecule has 1 fully saturated rings. The van der Waals surface area contributed by atoms with Gasteiger partial charge in [-0.2, -0.15) is 0 Å². The highest BCUT2D eigenvalue weighted by molar-refractivity contribution is 8.77. The van der Waals surface area contributed by atoms with E-state index in [0.29, 0.717) is 13.2 Å². The first-order chi connectivity index (χ1) is 6.68. The summed E-state index contributed by atoms with van der Waals surface area (Å²) in [6, 6.07) is 0. The fourth-order valence-electron chi connectivity index (χ4n) is 1.03. The Morgan fingerprint density at radius 1 is 1.64 bits per heavy atom. The van der Waals surface area contributed by atoms with Crippen LogP contribution >= 0.6 is 21.6 Å². The van der Waals surface area contributed by atoms with Gasteiger partial charge in [0.05, 0.1) is 6.61 Å². The Bertz CT molecular complexity index is 260. The maximum atomic E-state index is 10.7. The molecule has 78 valence electrons. The third-order valence-electron chi connectivity index (χ3n) is 1.86. The van der Waals surface area contributed by atoms with Crippen molar-refractivity contribution in [3.63, 3.8) is 0 Å². The van der Waals surface area contributed by atoms with E-state index in [1.165, 1.54) is 6.92 Å². The van der Waals surface area contributed by atoms with Crippen molar-refractivity contribution in [1.82, 2.24) is 0 Å². The first-order valence-electron chi connectivity index (χ1n) is 4.07. The molecule has 0 amide bonds. The molecule has 0 aromatic heterocycles. The molecule has 14 heavy (non-hydrogen) atoms. The van der Waals surface area contributed by atoms with E-state index in [0.717, 1.165) is 11.5 Å². The Morgan fingerprint density at radius 3 is 2.79 bits per heavy atom. The van der Waals surface area contributed by atoms with Gasteiger partial charge in [-0.3, -0.25) is 4.79 Å². The summed E-state index contributed by atoms with van der Waals surface area (Å²) in [5.41, 5.74) is 8.10. The monoisotopic (exact) mass is 233 g/mol. The normalized spacial score (nSPS) is 18.6. The summed E-state index contributed by atoms with van der Waals surface area (Å²) in [6.45, 7) is 2.13. The zero-order chi connectivity index (χ0) is 10.4. The van der Waals surface area contributed by atoms with Gasteiger partial charge in [0.15, 0.2) is 0 Å². The predicted octanol–water partition coefficient (Wildman–Crippen LogP) is 2.24. The standard InChI is InChI=1S/C7H11N3O2S2/c1-6(11)12-3-7(2-9-10-8)4-13-14-5-7/h2-5H2,1H3. The second-order valence-corrected chi connectivity index (χ2v) is 5.66. The quantitative estimate of drug-likeness (QED) is 0.245. The van der Waals surface area contributed by atoms with Gasteiger partial charge < -0.3 is 4.74 Å². The molecule has 1 rings (SSSR count). The lowest BCUT2D eigenvalue weighted by Crippen LogP contribution is -2.33. The molecule has 0 N–H and O–H groups in total. The number of esters is 1. The van der Waals surface area contributed by atoms with Crippen molar-refractivity contribution in [1.29, 1.82) is 0 Å². The van der Waals surface area contributed by atoms with Crippen LogP contribution in [0.4, 0.5) is 0 Å². The molecule has 1 aliphatic rings. The molecule has 1 saturated heterocycles. The summed E-state index contributed by atoms with van der Waals surface area (Å²) in [6.07, 6.45) is 0. The second kappa shape index (κ2) is 5.38. The van der Waals surface area contributed by atoms with Crippen LogP contribution in [0.25, 0.3) is 10.4 Å². The van der Waals surface area contributed by atoms with E-state index in [9.17, 15) is 4.79 Å². The fraction of sp³-hybridized carbons (Fsp3) is 0.857. The van der Waals surface area contributed by atoms with Crippen LogP contribution in [0.1, 0.15) is 6.92 Å². The van der Waals surface area contributed by atoms with Crippen molar-refractivity contribution in [2.24, 2.45) is 10.5 Å². The summed E-state index contributed by atoms with van der Waals surface area (Å²) >= 11 is 0. The first-order valence-corrected chi connectivity index (χ1v) is 6.56. The third kappa shape index (κ3) is 3.32. The average molecular weight is 233 g/mol. The van der Waals surface area contributed by atoms with Gasteiger partial charge in [0.1, 0.15) is 0 Å². The number of azide groups is 1. The summed E-state index contributed by atoms with van der Waals surface area (Å²) in [5, 5.41) is 3.57. The number of ether oxygens (including phenoxy) is 1. The summed E-state index contributed by atoms with van der Waals surface area (Å²) in [5.74, 6) is 1.45. The van der Waals surface area contributed by atoms with Crippen molar-refractivity contribution in [2.45, 2.75) is 6.92 Å². The van der Waals surface area contributed by atoms with Gasteiger partial charge in [-0.15, -0.1) is 0 Å². The lowest BCUT2D eigenvalue weighted by molar-refractivity contribution is -0.143. The van der Waals surface area contributed by atoms with Crippen molar-refractivity contribution >= 4 is 27.6 Å². The van der Waals surface area contributed by atoms with Crippen LogP contribution in [0.15, 0.2) is 5.11 Å². The van der Waals surface area contributed by atoms with Crippen LogP contribution in [0.2, 0.25) is 0 Å². The molecule has 0 aliphatic carbocycles. The van der Waals surface area contributed by atoms with E-state index >= 15 is 0 Å². The lowest BCUT2D eigenvalue weighted by Gasteiger charge is -2.23. The number of rotatable bonds is 4. The predicted molar refractivity (Wildman–Crippen MR) is 58.0 cm³/mol. The molecule has 7 heteroatoms. The Morgan fingerprint density at radius 2 is 2.29 bits per heavy atom. The fourth-order valence-corrected chi connectivity index (χ4v) is 4.38. The van der Waals surface area contributed by atoms with Crippen LogP contribution in [-0.4, -0.2) is 30.6 Å². The minimum absolute atomic E-state index is 0.159. The molecule has 0 radical (unpaired) electrons. The van der Waals surface area contributed by atoms with Crippen LogP contribution in [0.3, 0.4) is 0 Å². The zero-order valence-corrected chi connectivity index (χ0v) is 9.44. The van der Waals surface area contributed by atoms with E-state index in [2.05, 4.69) is 10.0 Å². The van der Waals surface area contributed by atoms with Crippen molar-refractivity contribution in [3.05, 3.63) is 10.4 Å². The summed E-state index contributed by atoms with van der Waals surface area (Å²) in [7, 11) is 3.45. The molecule has 1 aliphatic heterocycles. The Hall–Kier alpha value is -0.520. The number of nitrogens with zero attached hydrogens (tertiary/aromatic N) is 3. The van der Waals surface area contributed by atoms with Crippen molar-refractivity contribution in [2.75, 3.05) is 24.7 Å². The van der Waals surface area contributed by atoms with E-state index in [4.69, 9.17) is 10.3 Å². The van der Waals surface area contributed by atoms with Crippen LogP contribution in [0, 0.1) is 5.41 Å². The molecule has 0 aromatic carbocycles. The molecule has 5 nitrogen and oxygen atoms in total. The summed E-state index contributed by atoms with van der Waals surface area (Å²) in [4.78, 5) is 13.4. The van der Waals surface area contributed by atoms with Crippen molar-refractivity contribution in [3.8, 4) is 0 Å². The average Bonchev–Trinajstić information content (AvgIpc) is 2.61. The first kappa shape index (κ1) is 11.6. The van der Waals surface area contributed by atoms with Gasteiger partial charge >= 0.3 is 5.97 Å². The van der Waals surface area contributed by atoms with Crippen LogP contribution in [0.5, 0.6) is 0 Å². The topological polar surface area (TPSA) is 75.1 Å². The van der Waals surface area contributed by atoms with Gasteiger partial charge in [0.25, 0.3) is 0 Å². The Labute approximate surface area is 90.0 Å². The van der Waals surface area contributed by atoms with Crippen LogP contribution in [-0.2, 0) is 9.53 Å². The molecule has 0 spiro atoms. The maximum Gasteiger partial charge on any atom is 0.302 e. The highest BCUT2D eigenvalue weighted by atomic mass is 33.1. The van der Waals surface area contributed by atoms with Gasteiger partial charge in [0, 0.05) is 35.3 Å². The molecule has 0 aromatic rings. The number of carbonyl (C=O) groups excluding carboxylic acids is 1. The Kier molecular flexibility index (Phi) is 4.44. The van der Waals surface area contributed by atoms with Gasteiger partial charge in [-0.1, -0.05) is 26.7 Å². The number of hydrogen-bond donors (Lipinski definition) is 0. The van der Waals surface area contributed by atoms with Gasteiger partial charge in [-0.05, 0) is 5.53 Å². The van der Waals surface area contributed by atoms with Crippen LogP contribution < -0.4 is 0 Å². The largest absolute Gasteiger partial charge is 0.465 e. The van der Waals surface area contributed by atoms with Crippen molar-refractivity contribution < 1.29 is 9.53 Å². The third-order valence-corrected chi connectivity index (χ3v) is 4.70. The molecule has 0 atom stereocenters. The van der Waals surface area contributed by atoms with E-state index in [-0.39, 0.29) is 11.4 Å². The van der Waals surface area contributed by atoms with E-state index < -0.39 is 0 Å². The summed E-state index contributed by atoms with van der Waals surface area (Å²) < 4.78 is 4.98. The second-order valence-electron chi connectivity index (χ2n) is 3.19. The van der Waals surface area contributed by atoms with E-state index in [1.54, 1.807) is 21.6 Å². The lowest BCUT2D eigenvalue weighted by atomic mass is 9.94. The molecule has 0 saturated carbocycles. The van der Waals surface area contributed by atoms with Gasteiger partial charge in [0.2, 0.25) is 0 Å². The maximum absolute atomic E-state index is 10.7. The minimum Gasteiger partial charge on any atom is -0.465 e. The number of carbonyl (C=O) groups is 1. The smallest absolute Gasteiger partial charge is 0.302 e.